The van der Waals surface area contributed by atoms with Crippen molar-refractivity contribution in [3.8, 4) is 0 Å². The van der Waals surface area contributed by atoms with Crippen molar-refractivity contribution in [2.45, 2.75) is 13.0 Å². The lowest BCUT2D eigenvalue weighted by atomic mass is 10.0. The van der Waals surface area contributed by atoms with E-state index in [9.17, 15) is 4.79 Å². The first kappa shape index (κ1) is 8.74. The number of aliphatic carboxylic acids is 1. The van der Waals surface area contributed by atoms with E-state index in [1.54, 1.807) is 0 Å². The van der Waals surface area contributed by atoms with Gasteiger partial charge in [-0.3, -0.25) is 4.79 Å². The molecule has 0 bridgehead atoms. The minimum absolute atomic E-state index is 0.100. The van der Waals surface area contributed by atoms with Gasteiger partial charge in [-0.05, 0) is 0 Å². The molecule has 1 aliphatic heterocycles. The molecule has 1 aliphatic rings. The topological polar surface area (TPSA) is 58.9 Å². The van der Waals surface area contributed by atoms with Gasteiger partial charge in [-0.2, -0.15) is 0 Å². The average Bonchev–Trinajstić information content (AvgIpc) is 2.18. The average molecular weight is 191 g/mol. The van der Waals surface area contributed by atoms with Gasteiger partial charge in [0.05, 0.1) is 12.1 Å². The van der Waals surface area contributed by atoms with Crippen LogP contribution in [0.4, 0.5) is 0 Å². The molecule has 14 heavy (non-hydrogen) atoms. The van der Waals surface area contributed by atoms with Crippen molar-refractivity contribution in [3.63, 3.8) is 0 Å². The Labute approximate surface area is 80.8 Å². The van der Waals surface area contributed by atoms with E-state index in [1.807, 2.05) is 24.3 Å². The summed E-state index contributed by atoms with van der Waals surface area (Å²) in [5.74, 6) is -0.899. The van der Waals surface area contributed by atoms with Crippen molar-refractivity contribution >= 4 is 11.7 Å². The van der Waals surface area contributed by atoms with E-state index in [4.69, 9.17) is 9.94 Å². The SMILES string of the molecule is O=C(O)CC1=NOCc2ccccc21. The molecule has 72 valence electrons. The number of nitrogens with zero attached hydrogens (tertiary/aromatic N) is 1. The maximum atomic E-state index is 10.5. The first-order valence-electron chi connectivity index (χ1n) is 4.26. The molecular weight excluding hydrogens is 182 g/mol. The largest absolute Gasteiger partial charge is 0.481 e. The molecule has 0 aliphatic carbocycles. The molecule has 1 heterocycles. The summed E-state index contributed by atoms with van der Waals surface area (Å²) in [5, 5.41) is 12.4. The van der Waals surface area contributed by atoms with Crippen LogP contribution >= 0.6 is 0 Å². The zero-order valence-electron chi connectivity index (χ0n) is 7.43. The molecule has 1 aromatic rings. The van der Waals surface area contributed by atoms with Crippen LogP contribution in [0.5, 0.6) is 0 Å². The summed E-state index contributed by atoms with van der Waals surface area (Å²) in [6.45, 7) is 0.416. The molecule has 1 aromatic carbocycles. The van der Waals surface area contributed by atoms with Crippen LogP contribution in [0.15, 0.2) is 29.4 Å². The highest BCUT2D eigenvalue weighted by molar-refractivity contribution is 6.09. The molecular formula is C10H9NO3. The Bertz CT molecular complexity index is 398. The molecule has 0 radical (unpaired) electrons. The minimum Gasteiger partial charge on any atom is -0.481 e. The van der Waals surface area contributed by atoms with E-state index in [1.165, 1.54) is 0 Å². The number of carbonyl (C=O) groups is 1. The van der Waals surface area contributed by atoms with Gasteiger partial charge in [0.25, 0.3) is 0 Å². The van der Waals surface area contributed by atoms with Gasteiger partial charge in [0.15, 0.2) is 0 Å². The predicted molar refractivity (Wildman–Crippen MR) is 50.0 cm³/mol. The molecule has 4 heteroatoms. The number of rotatable bonds is 2. The molecule has 1 N–H and O–H groups in total. The molecule has 0 spiro atoms. The van der Waals surface area contributed by atoms with Crippen LogP contribution in [0.2, 0.25) is 0 Å². The molecule has 0 atom stereocenters. The van der Waals surface area contributed by atoms with E-state index in [-0.39, 0.29) is 6.42 Å². The van der Waals surface area contributed by atoms with Crippen molar-refractivity contribution in [1.29, 1.82) is 0 Å². The van der Waals surface area contributed by atoms with Crippen molar-refractivity contribution in [2.75, 3.05) is 0 Å². The van der Waals surface area contributed by atoms with Crippen molar-refractivity contribution in [2.24, 2.45) is 5.16 Å². The maximum absolute atomic E-state index is 10.5. The maximum Gasteiger partial charge on any atom is 0.309 e. The summed E-state index contributed by atoms with van der Waals surface area (Å²) in [6.07, 6.45) is -0.100. The van der Waals surface area contributed by atoms with Gasteiger partial charge >= 0.3 is 5.97 Å². The molecule has 0 unspecified atom stereocenters. The highest BCUT2D eigenvalue weighted by Gasteiger charge is 2.16. The molecule has 0 amide bonds. The smallest absolute Gasteiger partial charge is 0.309 e. The number of oxime groups is 1. The number of carboxylic acid groups (broad SMARTS) is 1. The summed E-state index contributed by atoms with van der Waals surface area (Å²) in [5.41, 5.74) is 2.35. The fourth-order valence-electron chi connectivity index (χ4n) is 1.43. The summed E-state index contributed by atoms with van der Waals surface area (Å²) < 4.78 is 0. The Balaban J connectivity index is 2.35. The van der Waals surface area contributed by atoms with Crippen LogP contribution in [0.25, 0.3) is 0 Å². The van der Waals surface area contributed by atoms with Gasteiger partial charge in [-0.1, -0.05) is 29.4 Å². The number of carboxylic acids is 1. The molecule has 0 saturated heterocycles. The van der Waals surface area contributed by atoms with Crippen molar-refractivity contribution < 1.29 is 14.7 Å². The lowest BCUT2D eigenvalue weighted by molar-refractivity contribution is -0.135. The predicted octanol–water partition coefficient (Wildman–Crippen LogP) is 1.40. The fourth-order valence-corrected chi connectivity index (χ4v) is 1.43. The van der Waals surface area contributed by atoms with Crippen molar-refractivity contribution in [1.82, 2.24) is 0 Å². The zero-order valence-corrected chi connectivity index (χ0v) is 7.43. The highest BCUT2D eigenvalue weighted by atomic mass is 16.6. The molecule has 2 rings (SSSR count). The second-order valence-electron chi connectivity index (χ2n) is 3.04. The van der Waals surface area contributed by atoms with Crippen LogP contribution in [0.1, 0.15) is 17.5 Å². The lowest BCUT2D eigenvalue weighted by Gasteiger charge is -2.14. The summed E-state index contributed by atoms with van der Waals surface area (Å²) >= 11 is 0. The Kier molecular flexibility index (Phi) is 2.18. The third kappa shape index (κ3) is 1.59. The number of hydrogen-bond donors (Lipinski definition) is 1. The zero-order chi connectivity index (χ0) is 9.97. The van der Waals surface area contributed by atoms with E-state index in [0.29, 0.717) is 12.3 Å². The van der Waals surface area contributed by atoms with E-state index in [0.717, 1.165) is 11.1 Å². The normalized spacial score (nSPS) is 13.9. The van der Waals surface area contributed by atoms with Crippen LogP contribution in [0, 0.1) is 0 Å². The second kappa shape index (κ2) is 3.49. The molecule has 0 saturated carbocycles. The monoisotopic (exact) mass is 191 g/mol. The van der Waals surface area contributed by atoms with Gasteiger partial charge in [0.2, 0.25) is 0 Å². The first-order valence-corrected chi connectivity index (χ1v) is 4.26. The Hall–Kier alpha value is -1.84. The fraction of sp³-hybridized carbons (Fsp3) is 0.200. The second-order valence-corrected chi connectivity index (χ2v) is 3.04. The van der Waals surface area contributed by atoms with E-state index < -0.39 is 5.97 Å². The Morgan fingerprint density at radius 1 is 1.50 bits per heavy atom. The lowest BCUT2D eigenvalue weighted by Crippen LogP contribution is -2.15. The molecule has 0 aromatic heterocycles. The first-order chi connectivity index (χ1) is 6.77. The van der Waals surface area contributed by atoms with Crippen LogP contribution in [-0.2, 0) is 16.2 Å². The standard InChI is InChI=1S/C10H9NO3/c12-10(13)5-9-8-4-2-1-3-7(8)6-14-11-9/h1-4H,5-6H2,(H,12,13). The number of benzene rings is 1. The summed E-state index contributed by atoms with van der Waals surface area (Å²) in [6, 6.07) is 7.53. The third-order valence-corrected chi connectivity index (χ3v) is 2.04. The quantitative estimate of drug-likeness (QED) is 0.768. The van der Waals surface area contributed by atoms with Crippen LogP contribution in [0.3, 0.4) is 0 Å². The van der Waals surface area contributed by atoms with Crippen LogP contribution < -0.4 is 0 Å². The Morgan fingerprint density at radius 3 is 3.07 bits per heavy atom. The minimum atomic E-state index is -0.899. The van der Waals surface area contributed by atoms with Gasteiger partial charge in [0, 0.05) is 11.1 Å². The number of hydrogen-bond acceptors (Lipinski definition) is 3. The van der Waals surface area contributed by atoms with Gasteiger partial charge in [-0.25, -0.2) is 0 Å². The molecule has 4 nitrogen and oxygen atoms in total. The number of fused-ring (bicyclic) bond motifs is 1. The van der Waals surface area contributed by atoms with E-state index in [2.05, 4.69) is 5.16 Å². The molecule has 0 fully saturated rings. The van der Waals surface area contributed by atoms with Gasteiger partial charge < -0.3 is 9.94 Å². The van der Waals surface area contributed by atoms with E-state index >= 15 is 0 Å². The highest BCUT2D eigenvalue weighted by Crippen LogP contribution is 2.17. The Morgan fingerprint density at radius 2 is 2.29 bits per heavy atom. The van der Waals surface area contributed by atoms with Gasteiger partial charge in [0.1, 0.15) is 6.61 Å². The van der Waals surface area contributed by atoms with Crippen LogP contribution in [-0.4, -0.2) is 16.8 Å². The summed E-state index contributed by atoms with van der Waals surface area (Å²) in [4.78, 5) is 15.5. The van der Waals surface area contributed by atoms with Gasteiger partial charge in [-0.15, -0.1) is 0 Å². The summed E-state index contributed by atoms with van der Waals surface area (Å²) in [7, 11) is 0. The van der Waals surface area contributed by atoms with Crippen molar-refractivity contribution in [3.05, 3.63) is 35.4 Å². The third-order valence-electron chi connectivity index (χ3n) is 2.04.